The van der Waals surface area contributed by atoms with Crippen LogP contribution in [-0.4, -0.2) is 17.1 Å². The Bertz CT molecular complexity index is 602. The van der Waals surface area contributed by atoms with Crippen LogP contribution in [0.1, 0.15) is 16.1 Å². The van der Waals surface area contributed by atoms with E-state index in [4.69, 9.17) is 4.74 Å². The Hall–Kier alpha value is -1.08. The fraction of sp³-hybridized carbons (Fsp3) is 0.231. The van der Waals surface area contributed by atoms with Crippen molar-refractivity contribution in [3.63, 3.8) is 0 Å². The summed E-state index contributed by atoms with van der Waals surface area (Å²) in [5, 5.41) is 0. The number of alkyl halides is 1. The average Bonchev–Trinajstić information content (AvgIpc) is 2.37. The first kappa shape index (κ1) is 15.3. The zero-order valence-electron chi connectivity index (χ0n) is 10.4. The zero-order chi connectivity index (χ0) is 14.7. The highest BCUT2D eigenvalue weighted by molar-refractivity contribution is 9.10. The molecule has 1 aromatic carbocycles. The van der Waals surface area contributed by atoms with Crippen molar-refractivity contribution in [2.75, 3.05) is 7.11 Å². The lowest BCUT2D eigenvalue weighted by Gasteiger charge is -2.12. The average molecular weight is 408 g/mol. The normalized spacial score (nSPS) is 12.2. The van der Waals surface area contributed by atoms with Gasteiger partial charge in [0.2, 0.25) is 5.88 Å². The molecular formula is C13H10Br2F2N2O. The molecule has 1 unspecified atom stereocenters. The summed E-state index contributed by atoms with van der Waals surface area (Å²) in [4.78, 5) is 7.40. The molecule has 0 aliphatic rings. The van der Waals surface area contributed by atoms with Crippen LogP contribution in [0.15, 0.2) is 29.0 Å². The summed E-state index contributed by atoms with van der Waals surface area (Å²) >= 11 is 6.35. The summed E-state index contributed by atoms with van der Waals surface area (Å²) in [5.41, 5.74) is 0.603. The predicted octanol–water partition coefficient (Wildman–Crippen LogP) is 4.20. The van der Waals surface area contributed by atoms with Crippen molar-refractivity contribution >= 4 is 31.9 Å². The Balaban J connectivity index is 2.26. The van der Waals surface area contributed by atoms with E-state index in [1.54, 1.807) is 6.07 Å². The molecule has 0 bridgehead atoms. The number of aromatic nitrogens is 2. The van der Waals surface area contributed by atoms with Crippen molar-refractivity contribution in [1.29, 1.82) is 0 Å². The Morgan fingerprint density at radius 3 is 2.45 bits per heavy atom. The van der Waals surface area contributed by atoms with E-state index in [0.717, 1.165) is 0 Å². The maximum Gasteiger partial charge on any atom is 0.216 e. The minimum absolute atomic E-state index is 0.0224. The predicted molar refractivity (Wildman–Crippen MR) is 78.0 cm³/mol. The first-order valence-electron chi connectivity index (χ1n) is 5.64. The minimum atomic E-state index is -0.611. The lowest BCUT2D eigenvalue weighted by Crippen LogP contribution is -2.04. The molecule has 0 saturated heterocycles. The molecule has 106 valence electrons. The van der Waals surface area contributed by atoms with Crippen LogP contribution in [0.4, 0.5) is 8.78 Å². The number of hydrogen-bond acceptors (Lipinski definition) is 3. The monoisotopic (exact) mass is 406 g/mol. The molecule has 0 aliphatic carbocycles. The SMILES string of the molecule is COc1cc(CC(Br)c2c(F)cc(Br)cc2F)ncn1. The third-order valence-corrected chi connectivity index (χ3v) is 3.89. The van der Waals surface area contributed by atoms with Gasteiger partial charge in [-0.25, -0.2) is 18.7 Å². The number of benzene rings is 1. The van der Waals surface area contributed by atoms with Crippen LogP contribution in [0.5, 0.6) is 5.88 Å². The van der Waals surface area contributed by atoms with Gasteiger partial charge in [-0.2, -0.15) is 0 Å². The summed E-state index contributed by atoms with van der Waals surface area (Å²) in [7, 11) is 1.49. The minimum Gasteiger partial charge on any atom is -0.481 e. The molecule has 0 aliphatic heterocycles. The fourth-order valence-corrected chi connectivity index (χ4v) is 2.91. The lowest BCUT2D eigenvalue weighted by molar-refractivity contribution is 0.396. The Morgan fingerprint density at radius 1 is 1.20 bits per heavy atom. The lowest BCUT2D eigenvalue weighted by atomic mass is 10.1. The number of nitrogens with zero attached hydrogens (tertiary/aromatic N) is 2. The van der Waals surface area contributed by atoms with E-state index in [9.17, 15) is 8.78 Å². The first-order valence-corrected chi connectivity index (χ1v) is 7.35. The van der Waals surface area contributed by atoms with Gasteiger partial charge in [-0.3, -0.25) is 0 Å². The third-order valence-electron chi connectivity index (χ3n) is 2.65. The summed E-state index contributed by atoms with van der Waals surface area (Å²) < 4.78 is 33.1. The summed E-state index contributed by atoms with van der Waals surface area (Å²) in [5.74, 6) is -0.814. The van der Waals surface area contributed by atoms with E-state index in [1.165, 1.54) is 25.6 Å². The highest BCUT2D eigenvalue weighted by Gasteiger charge is 2.19. The van der Waals surface area contributed by atoms with Gasteiger partial charge in [-0.1, -0.05) is 31.9 Å². The van der Waals surface area contributed by atoms with Gasteiger partial charge in [0, 0.05) is 28.2 Å². The first-order chi connectivity index (χ1) is 9.51. The molecule has 0 fully saturated rings. The smallest absolute Gasteiger partial charge is 0.216 e. The van der Waals surface area contributed by atoms with Gasteiger partial charge < -0.3 is 4.74 Å². The van der Waals surface area contributed by atoms with Crippen molar-refractivity contribution < 1.29 is 13.5 Å². The summed E-state index contributed by atoms with van der Waals surface area (Å²) in [6.07, 6.45) is 1.66. The van der Waals surface area contributed by atoms with Crippen LogP contribution in [0, 0.1) is 11.6 Å². The Kier molecular flexibility index (Phi) is 5.04. The number of methoxy groups -OCH3 is 1. The van der Waals surface area contributed by atoms with E-state index < -0.39 is 16.5 Å². The topological polar surface area (TPSA) is 35.0 Å². The highest BCUT2D eigenvalue weighted by atomic mass is 79.9. The molecular weight excluding hydrogens is 398 g/mol. The van der Waals surface area contributed by atoms with Gasteiger partial charge >= 0.3 is 0 Å². The largest absolute Gasteiger partial charge is 0.481 e. The van der Waals surface area contributed by atoms with Crippen molar-refractivity contribution in [1.82, 2.24) is 9.97 Å². The number of hydrogen-bond donors (Lipinski definition) is 0. The summed E-state index contributed by atoms with van der Waals surface area (Å²) in [6.45, 7) is 0. The van der Waals surface area contributed by atoms with E-state index in [1.807, 2.05) is 0 Å². The van der Waals surface area contributed by atoms with Crippen LogP contribution in [0.25, 0.3) is 0 Å². The molecule has 0 spiro atoms. The van der Waals surface area contributed by atoms with Gasteiger partial charge in [0.05, 0.1) is 11.9 Å². The fourth-order valence-electron chi connectivity index (χ4n) is 1.74. The van der Waals surface area contributed by atoms with Crippen molar-refractivity contribution in [3.05, 3.63) is 51.9 Å². The number of ether oxygens (including phenoxy) is 1. The molecule has 1 aromatic heterocycles. The maximum atomic E-state index is 13.9. The molecule has 1 atom stereocenters. The summed E-state index contributed by atoms with van der Waals surface area (Å²) in [6, 6.07) is 4.09. The zero-order valence-corrected chi connectivity index (χ0v) is 13.6. The molecule has 2 aromatic rings. The molecule has 3 nitrogen and oxygen atoms in total. The van der Waals surface area contributed by atoms with Gasteiger partial charge in [-0.05, 0) is 12.1 Å². The highest BCUT2D eigenvalue weighted by Crippen LogP contribution is 2.32. The molecule has 0 radical (unpaired) electrons. The van der Waals surface area contributed by atoms with Gasteiger partial charge in [0.15, 0.2) is 0 Å². The standard InChI is InChI=1S/C13H10Br2F2N2O/c1-20-12-5-8(18-6-19-12)4-9(15)13-10(16)2-7(14)3-11(13)17/h2-3,5-6,9H,4H2,1H3. The molecule has 1 heterocycles. The van der Waals surface area contributed by atoms with Crippen molar-refractivity contribution in [3.8, 4) is 5.88 Å². The van der Waals surface area contributed by atoms with Gasteiger partial charge in [0.1, 0.15) is 18.0 Å². The molecule has 2 rings (SSSR count). The Morgan fingerprint density at radius 2 is 1.85 bits per heavy atom. The van der Waals surface area contributed by atoms with E-state index in [-0.39, 0.29) is 5.56 Å². The third kappa shape index (κ3) is 3.52. The van der Waals surface area contributed by atoms with Crippen molar-refractivity contribution in [2.24, 2.45) is 0 Å². The van der Waals surface area contributed by atoms with E-state index in [0.29, 0.717) is 22.5 Å². The van der Waals surface area contributed by atoms with Gasteiger partial charge in [-0.15, -0.1) is 0 Å². The van der Waals surface area contributed by atoms with Crippen LogP contribution in [-0.2, 0) is 6.42 Å². The molecule has 0 N–H and O–H groups in total. The number of halogens is 4. The quantitative estimate of drug-likeness (QED) is 0.712. The van der Waals surface area contributed by atoms with E-state index >= 15 is 0 Å². The van der Waals surface area contributed by atoms with E-state index in [2.05, 4.69) is 41.8 Å². The second-order valence-electron chi connectivity index (χ2n) is 4.01. The maximum absolute atomic E-state index is 13.9. The van der Waals surface area contributed by atoms with Crippen LogP contribution in [0.2, 0.25) is 0 Å². The molecule has 7 heteroatoms. The van der Waals surface area contributed by atoms with Crippen LogP contribution in [0.3, 0.4) is 0 Å². The van der Waals surface area contributed by atoms with Gasteiger partial charge in [0.25, 0.3) is 0 Å². The van der Waals surface area contributed by atoms with Crippen LogP contribution >= 0.6 is 31.9 Å². The second kappa shape index (κ2) is 6.58. The second-order valence-corrected chi connectivity index (χ2v) is 6.03. The molecule has 0 amide bonds. The van der Waals surface area contributed by atoms with Crippen LogP contribution < -0.4 is 4.74 Å². The molecule has 20 heavy (non-hydrogen) atoms. The Labute approximate surface area is 131 Å². The number of rotatable bonds is 4. The van der Waals surface area contributed by atoms with Crippen molar-refractivity contribution in [2.45, 2.75) is 11.2 Å². The molecule has 0 saturated carbocycles.